The van der Waals surface area contributed by atoms with E-state index < -0.39 is 10.7 Å². The molecule has 2 aromatic rings. The fraction of sp³-hybridized carbons (Fsp3) is 0.364. The number of halogens is 1. The number of hydrogen-bond donors (Lipinski definition) is 1. The molecule has 10 heteroatoms. The summed E-state index contributed by atoms with van der Waals surface area (Å²) in [6, 6.07) is 3.70. The number of nitrogens with one attached hydrogen (secondary N) is 1. The summed E-state index contributed by atoms with van der Waals surface area (Å²) in [7, 11) is 0. The SMILES string of the molecule is O=[N+]([O-])c1ccc(N2CCN(c3nn[nH]n3)CC2)c(F)c1. The van der Waals surface area contributed by atoms with Crippen LogP contribution in [0.1, 0.15) is 0 Å². The Morgan fingerprint density at radius 3 is 2.52 bits per heavy atom. The first-order valence-corrected chi connectivity index (χ1v) is 6.32. The molecule has 0 spiro atoms. The molecule has 1 aromatic carbocycles. The first kappa shape index (κ1) is 13.2. The third kappa shape index (κ3) is 2.59. The second kappa shape index (κ2) is 5.31. The van der Waals surface area contributed by atoms with Crippen LogP contribution in [0.2, 0.25) is 0 Å². The van der Waals surface area contributed by atoms with Crippen molar-refractivity contribution in [2.45, 2.75) is 0 Å². The number of anilines is 2. The highest BCUT2D eigenvalue weighted by Gasteiger charge is 2.22. The maximum Gasteiger partial charge on any atom is 0.272 e. The van der Waals surface area contributed by atoms with Gasteiger partial charge in [0.05, 0.1) is 16.7 Å². The zero-order chi connectivity index (χ0) is 14.8. The predicted molar refractivity (Wildman–Crippen MR) is 71.7 cm³/mol. The van der Waals surface area contributed by atoms with Crippen molar-refractivity contribution in [1.82, 2.24) is 20.6 Å². The summed E-state index contributed by atoms with van der Waals surface area (Å²) in [6.07, 6.45) is 0. The van der Waals surface area contributed by atoms with Gasteiger partial charge in [-0.15, -0.1) is 5.10 Å². The third-order valence-electron chi connectivity index (χ3n) is 3.38. The van der Waals surface area contributed by atoms with Crippen LogP contribution in [0.5, 0.6) is 0 Å². The Morgan fingerprint density at radius 1 is 1.24 bits per heavy atom. The van der Waals surface area contributed by atoms with Crippen LogP contribution in [0.25, 0.3) is 0 Å². The number of tetrazole rings is 1. The molecule has 1 N–H and O–H groups in total. The summed E-state index contributed by atoms with van der Waals surface area (Å²) in [5.74, 6) is -0.0731. The summed E-state index contributed by atoms with van der Waals surface area (Å²) in [5, 5.41) is 24.3. The van der Waals surface area contributed by atoms with Crippen molar-refractivity contribution in [1.29, 1.82) is 0 Å². The fourth-order valence-corrected chi connectivity index (χ4v) is 2.30. The van der Waals surface area contributed by atoms with E-state index in [0.717, 1.165) is 6.07 Å². The molecule has 9 nitrogen and oxygen atoms in total. The minimum Gasteiger partial charge on any atom is -0.366 e. The van der Waals surface area contributed by atoms with E-state index in [1.165, 1.54) is 12.1 Å². The van der Waals surface area contributed by atoms with Gasteiger partial charge in [0.1, 0.15) is 0 Å². The van der Waals surface area contributed by atoms with E-state index in [1.54, 1.807) is 0 Å². The molecule has 0 bridgehead atoms. The second-order valence-electron chi connectivity index (χ2n) is 4.58. The Bertz CT molecular complexity index is 640. The monoisotopic (exact) mass is 293 g/mol. The molecule has 1 aliphatic heterocycles. The molecule has 1 fully saturated rings. The van der Waals surface area contributed by atoms with E-state index in [0.29, 0.717) is 37.8 Å². The van der Waals surface area contributed by atoms with E-state index in [1.807, 2.05) is 9.80 Å². The molecule has 1 aliphatic rings. The summed E-state index contributed by atoms with van der Waals surface area (Å²) in [6.45, 7) is 2.39. The molecule has 21 heavy (non-hydrogen) atoms. The van der Waals surface area contributed by atoms with Crippen LogP contribution in [-0.2, 0) is 0 Å². The van der Waals surface area contributed by atoms with Crippen LogP contribution in [0.3, 0.4) is 0 Å². The fourth-order valence-electron chi connectivity index (χ4n) is 2.30. The minimum atomic E-state index is -0.610. The summed E-state index contributed by atoms with van der Waals surface area (Å²) < 4.78 is 14.0. The number of hydrogen-bond acceptors (Lipinski definition) is 7. The van der Waals surface area contributed by atoms with Crippen LogP contribution < -0.4 is 9.80 Å². The molecule has 0 amide bonds. The lowest BCUT2D eigenvalue weighted by Crippen LogP contribution is -2.47. The average molecular weight is 293 g/mol. The normalized spacial score (nSPS) is 15.3. The number of nitro benzene ring substituents is 1. The third-order valence-corrected chi connectivity index (χ3v) is 3.38. The second-order valence-corrected chi connectivity index (χ2v) is 4.58. The lowest BCUT2D eigenvalue weighted by molar-refractivity contribution is -0.385. The molecule has 0 atom stereocenters. The number of benzene rings is 1. The van der Waals surface area contributed by atoms with Gasteiger partial charge in [-0.05, 0) is 11.3 Å². The summed E-state index contributed by atoms with van der Waals surface area (Å²) in [5.41, 5.74) is 0.120. The lowest BCUT2D eigenvalue weighted by atomic mass is 10.2. The van der Waals surface area contributed by atoms with Crippen molar-refractivity contribution < 1.29 is 9.31 Å². The number of nitro groups is 1. The van der Waals surface area contributed by atoms with E-state index >= 15 is 0 Å². The van der Waals surface area contributed by atoms with Gasteiger partial charge in [0.15, 0.2) is 5.82 Å². The molecule has 0 aliphatic carbocycles. The standard InChI is InChI=1S/C11H12FN7O2/c12-9-7-8(19(20)21)1-2-10(9)17-3-5-18(6-4-17)11-13-15-16-14-11/h1-2,7H,3-6H2,(H,13,14,15,16). The minimum absolute atomic E-state index is 0.248. The highest BCUT2D eigenvalue weighted by molar-refractivity contribution is 5.53. The zero-order valence-corrected chi connectivity index (χ0v) is 10.9. The lowest BCUT2D eigenvalue weighted by Gasteiger charge is -2.35. The smallest absolute Gasteiger partial charge is 0.272 e. The van der Waals surface area contributed by atoms with Crippen LogP contribution >= 0.6 is 0 Å². The number of nitrogens with zero attached hydrogens (tertiary/aromatic N) is 6. The first-order valence-electron chi connectivity index (χ1n) is 6.32. The molecule has 0 radical (unpaired) electrons. The Morgan fingerprint density at radius 2 is 1.95 bits per heavy atom. The van der Waals surface area contributed by atoms with Gasteiger partial charge >= 0.3 is 0 Å². The van der Waals surface area contributed by atoms with Gasteiger partial charge in [-0.1, -0.05) is 5.10 Å². The van der Waals surface area contributed by atoms with Crippen molar-refractivity contribution >= 4 is 17.3 Å². The van der Waals surface area contributed by atoms with Crippen molar-refractivity contribution in [2.75, 3.05) is 36.0 Å². The van der Waals surface area contributed by atoms with Gasteiger partial charge in [0, 0.05) is 32.2 Å². The molecule has 1 saturated heterocycles. The Hall–Kier alpha value is -2.78. The molecule has 1 aromatic heterocycles. The first-order chi connectivity index (χ1) is 10.1. The zero-order valence-electron chi connectivity index (χ0n) is 10.9. The van der Waals surface area contributed by atoms with E-state index in [9.17, 15) is 14.5 Å². The van der Waals surface area contributed by atoms with Crippen molar-refractivity contribution in [3.63, 3.8) is 0 Å². The largest absolute Gasteiger partial charge is 0.366 e. The van der Waals surface area contributed by atoms with Gasteiger partial charge in [-0.2, -0.15) is 5.21 Å². The molecular weight excluding hydrogens is 281 g/mol. The van der Waals surface area contributed by atoms with Crippen molar-refractivity contribution in [3.8, 4) is 0 Å². The van der Waals surface area contributed by atoms with Gasteiger partial charge < -0.3 is 9.80 Å². The van der Waals surface area contributed by atoms with E-state index in [4.69, 9.17) is 0 Å². The molecule has 3 rings (SSSR count). The van der Waals surface area contributed by atoms with Crippen molar-refractivity contribution in [2.24, 2.45) is 0 Å². The van der Waals surface area contributed by atoms with Gasteiger partial charge in [-0.3, -0.25) is 10.1 Å². The van der Waals surface area contributed by atoms with Crippen LogP contribution in [-0.4, -0.2) is 51.7 Å². The number of piperazine rings is 1. The number of H-pyrrole nitrogens is 1. The number of non-ortho nitro benzene ring substituents is 1. The van der Waals surface area contributed by atoms with E-state index in [-0.39, 0.29) is 5.69 Å². The quantitative estimate of drug-likeness (QED) is 0.651. The number of aromatic nitrogens is 4. The molecule has 0 saturated carbocycles. The van der Waals surface area contributed by atoms with Gasteiger partial charge in [0.25, 0.3) is 11.6 Å². The predicted octanol–water partition coefficient (Wildman–Crippen LogP) is 0.574. The van der Waals surface area contributed by atoms with Crippen molar-refractivity contribution in [3.05, 3.63) is 34.1 Å². The molecule has 110 valence electrons. The van der Waals surface area contributed by atoms with Crippen LogP contribution in [0.4, 0.5) is 21.7 Å². The highest BCUT2D eigenvalue weighted by Crippen LogP contribution is 2.25. The van der Waals surface area contributed by atoms with Gasteiger partial charge in [0.2, 0.25) is 0 Å². The topological polar surface area (TPSA) is 104 Å². The Balaban J connectivity index is 1.71. The average Bonchev–Trinajstić information content (AvgIpc) is 3.01. The highest BCUT2D eigenvalue weighted by atomic mass is 19.1. The van der Waals surface area contributed by atoms with Crippen LogP contribution in [0, 0.1) is 15.9 Å². The maximum absolute atomic E-state index is 14.0. The summed E-state index contributed by atoms with van der Waals surface area (Å²) in [4.78, 5) is 13.8. The van der Waals surface area contributed by atoms with Gasteiger partial charge in [-0.25, -0.2) is 4.39 Å². The Kier molecular flexibility index (Phi) is 3.34. The maximum atomic E-state index is 14.0. The molecular formula is C11H12FN7O2. The van der Waals surface area contributed by atoms with Crippen LogP contribution in [0.15, 0.2) is 18.2 Å². The number of rotatable bonds is 3. The summed E-state index contributed by atoms with van der Waals surface area (Å²) >= 11 is 0. The van der Waals surface area contributed by atoms with E-state index in [2.05, 4.69) is 20.6 Å². The molecule has 2 heterocycles. The Labute approximate surface area is 118 Å². The number of aromatic amines is 1. The molecule has 0 unspecified atom stereocenters.